The molecule has 0 saturated carbocycles. The highest BCUT2D eigenvalue weighted by Gasteiger charge is 2.22. The molecule has 8 aromatic carbocycles. The fourth-order valence-electron chi connectivity index (χ4n) is 8.41. The molecule has 64 heavy (non-hydrogen) atoms. The molecule has 0 radical (unpaired) electrons. The van der Waals surface area contributed by atoms with E-state index in [9.17, 15) is 0 Å². The highest BCUT2D eigenvalue weighted by molar-refractivity contribution is 7.74. The highest BCUT2D eigenvalue weighted by Crippen LogP contribution is 2.37. The number of benzene rings is 8. The summed E-state index contributed by atoms with van der Waals surface area (Å²) in [7, 11) is -2.01. The third-order valence-corrected chi connectivity index (χ3v) is 21.8. The smallest absolute Gasteiger partial charge is 0.0110 e. The maximum Gasteiger partial charge on any atom is 0.0110 e. The lowest BCUT2D eigenvalue weighted by atomic mass is 10.4. The number of hydrogen-bond acceptors (Lipinski definition) is 2. The van der Waals surface area contributed by atoms with Crippen molar-refractivity contribution in [1.29, 1.82) is 0 Å². The van der Waals surface area contributed by atoms with E-state index in [2.05, 4.69) is 252 Å². The van der Waals surface area contributed by atoms with Gasteiger partial charge in [0.2, 0.25) is 0 Å². The van der Waals surface area contributed by atoms with Gasteiger partial charge in [0.05, 0.1) is 0 Å². The molecule has 0 aliphatic carbocycles. The first-order chi connectivity index (χ1) is 31.8. The molecule has 0 aromatic heterocycles. The van der Waals surface area contributed by atoms with Gasteiger partial charge in [0, 0.05) is 39.3 Å². The first-order valence-electron chi connectivity index (χ1n) is 22.7. The van der Waals surface area contributed by atoms with Gasteiger partial charge in [-0.3, -0.25) is 0 Å². The molecule has 0 heterocycles. The van der Waals surface area contributed by atoms with Gasteiger partial charge in [-0.2, -0.15) is 0 Å². The average molecular weight is 909 g/mol. The van der Waals surface area contributed by atoms with Crippen molar-refractivity contribution in [3.05, 3.63) is 243 Å². The molecule has 0 unspecified atom stereocenters. The van der Waals surface area contributed by atoms with Crippen LogP contribution < -0.4 is 42.4 Å². The lowest BCUT2D eigenvalue weighted by Gasteiger charge is -2.32. The van der Waals surface area contributed by atoms with Crippen molar-refractivity contribution in [3.63, 3.8) is 0 Å². The second-order valence-corrected chi connectivity index (χ2v) is 25.3. The molecule has 6 heteroatoms. The molecule has 2 nitrogen and oxygen atoms in total. The summed E-state index contributed by atoms with van der Waals surface area (Å²) in [4.78, 5) is 5.67. The van der Waals surface area contributed by atoms with Crippen molar-refractivity contribution in [2.75, 3.05) is 63.9 Å². The predicted molar refractivity (Wildman–Crippen MR) is 289 cm³/mol. The fourth-order valence-corrected chi connectivity index (χ4v) is 17.9. The Morgan fingerprint density at radius 1 is 0.188 bits per heavy atom. The van der Waals surface area contributed by atoms with Gasteiger partial charge in [-0.15, -0.1) is 0 Å². The van der Waals surface area contributed by atoms with Crippen LogP contribution in [0.1, 0.15) is 0 Å². The van der Waals surface area contributed by atoms with Crippen LogP contribution in [0.2, 0.25) is 0 Å². The van der Waals surface area contributed by atoms with E-state index in [-0.39, 0.29) is 0 Å². The minimum Gasteiger partial charge on any atom is -0.301 e. The molecule has 0 saturated heterocycles. The number of hydrogen-bond donors (Lipinski definition) is 0. The minimum absolute atomic E-state index is 0.502. The monoisotopic (exact) mass is 908 g/mol. The molecule has 0 N–H and O–H groups in total. The largest absolute Gasteiger partial charge is 0.301 e. The molecular weight excluding hydrogens is 849 g/mol. The van der Waals surface area contributed by atoms with E-state index in [4.69, 9.17) is 0 Å². The summed E-state index contributed by atoms with van der Waals surface area (Å²) in [5.41, 5.74) is 0. The Kier molecular flexibility index (Phi) is 18.1. The quantitative estimate of drug-likeness (QED) is 0.0591. The maximum absolute atomic E-state index is 2.84. The van der Waals surface area contributed by atoms with Crippen molar-refractivity contribution in [2.24, 2.45) is 0 Å². The van der Waals surface area contributed by atoms with Crippen LogP contribution in [0.3, 0.4) is 0 Å². The van der Waals surface area contributed by atoms with Crippen molar-refractivity contribution in [3.8, 4) is 0 Å². The van der Waals surface area contributed by atoms with Crippen LogP contribution in [-0.2, 0) is 0 Å². The normalized spacial score (nSPS) is 11.7. The van der Waals surface area contributed by atoms with Gasteiger partial charge in [0.25, 0.3) is 0 Å². The summed E-state index contributed by atoms with van der Waals surface area (Å²) in [6, 6.07) is 90.3. The van der Waals surface area contributed by atoms with Crippen LogP contribution >= 0.6 is 31.7 Å². The second kappa shape index (κ2) is 25.2. The van der Waals surface area contributed by atoms with E-state index < -0.39 is 31.7 Å². The summed E-state index contributed by atoms with van der Waals surface area (Å²) in [5.74, 6) is 0. The molecule has 0 bridgehead atoms. The van der Waals surface area contributed by atoms with Gasteiger partial charge >= 0.3 is 0 Å². The van der Waals surface area contributed by atoms with E-state index in [0.717, 1.165) is 63.9 Å². The molecular formula is C58H60N2P4. The molecule has 8 rings (SSSR count). The third-order valence-electron chi connectivity index (χ3n) is 11.8. The first kappa shape index (κ1) is 45.9. The van der Waals surface area contributed by atoms with E-state index >= 15 is 0 Å². The minimum atomic E-state index is -0.502. The Morgan fingerprint density at radius 2 is 0.328 bits per heavy atom. The Balaban J connectivity index is 1.08. The summed E-state index contributed by atoms with van der Waals surface area (Å²) >= 11 is 0. The maximum atomic E-state index is 2.84. The SMILES string of the molecule is c1ccc(P(CCN(CCN(CCP(c2ccccc2)c2ccccc2)CCP(c2ccccc2)c2ccccc2)CCP(c2ccccc2)c2ccccc2)c2ccccc2)cc1. The summed E-state index contributed by atoms with van der Waals surface area (Å²) < 4.78 is 0. The molecule has 0 atom stereocenters. The first-order valence-corrected chi connectivity index (χ1v) is 28.8. The standard InChI is InChI=1S/C58H60N2P4/c1-9-25-51(26-10-1)61(52-27-11-2-12-28-52)47-43-59(44-48-62(53-29-13-3-14-30-53)54-31-15-4-16-32-54)41-42-60(45-49-63(55-33-17-5-18-34-55)56-35-19-6-20-36-56)46-50-64(57-37-21-7-22-38-57)58-39-23-8-24-40-58/h1-40H,41-50H2. The van der Waals surface area contributed by atoms with Crippen molar-refractivity contribution in [1.82, 2.24) is 9.80 Å². The van der Waals surface area contributed by atoms with Gasteiger partial charge in [-0.25, -0.2) is 0 Å². The molecule has 8 aromatic rings. The van der Waals surface area contributed by atoms with Gasteiger partial charge < -0.3 is 9.80 Å². The van der Waals surface area contributed by atoms with E-state index in [1.54, 1.807) is 0 Å². The lowest BCUT2D eigenvalue weighted by molar-refractivity contribution is 0.231. The van der Waals surface area contributed by atoms with Gasteiger partial charge in [0.15, 0.2) is 0 Å². The van der Waals surface area contributed by atoms with Crippen molar-refractivity contribution in [2.45, 2.75) is 0 Å². The van der Waals surface area contributed by atoms with Crippen molar-refractivity contribution < 1.29 is 0 Å². The molecule has 0 aliphatic rings. The fraction of sp³-hybridized carbons (Fsp3) is 0.172. The lowest BCUT2D eigenvalue weighted by Crippen LogP contribution is -2.41. The van der Waals surface area contributed by atoms with Crippen LogP contribution in [-0.4, -0.2) is 73.7 Å². The van der Waals surface area contributed by atoms with Gasteiger partial charge in [-0.1, -0.05) is 243 Å². The highest BCUT2D eigenvalue weighted by atomic mass is 31.1. The zero-order valence-electron chi connectivity index (χ0n) is 36.8. The molecule has 0 amide bonds. The topological polar surface area (TPSA) is 6.48 Å². The van der Waals surface area contributed by atoms with Crippen molar-refractivity contribution >= 4 is 74.1 Å². The predicted octanol–water partition coefficient (Wildman–Crippen LogP) is 10.1. The van der Waals surface area contributed by atoms with E-state index in [1.165, 1.54) is 42.4 Å². The van der Waals surface area contributed by atoms with E-state index in [1.807, 2.05) is 0 Å². The summed E-state index contributed by atoms with van der Waals surface area (Å²) in [6.07, 6.45) is 4.55. The number of nitrogens with zero attached hydrogens (tertiary/aromatic N) is 2. The van der Waals surface area contributed by atoms with Crippen LogP contribution in [0.4, 0.5) is 0 Å². The molecule has 0 spiro atoms. The Labute approximate surface area is 388 Å². The van der Waals surface area contributed by atoms with Crippen LogP contribution in [0.5, 0.6) is 0 Å². The Bertz CT molecular complexity index is 1960. The molecule has 0 aliphatic heterocycles. The van der Waals surface area contributed by atoms with E-state index in [0.29, 0.717) is 0 Å². The third kappa shape index (κ3) is 13.5. The van der Waals surface area contributed by atoms with Crippen LogP contribution in [0.25, 0.3) is 0 Å². The number of rotatable bonds is 23. The zero-order valence-corrected chi connectivity index (χ0v) is 40.4. The Morgan fingerprint density at radius 3 is 0.469 bits per heavy atom. The Hall–Kier alpha value is -4.60. The molecule has 322 valence electrons. The molecule has 0 fully saturated rings. The zero-order chi connectivity index (χ0) is 43.4. The second-order valence-electron chi connectivity index (χ2n) is 16.0. The van der Waals surface area contributed by atoms with Crippen LogP contribution in [0.15, 0.2) is 243 Å². The average Bonchev–Trinajstić information content (AvgIpc) is 3.38. The summed E-state index contributed by atoms with van der Waals surface area (Å²) in [5, 5.41) is 11.7. The van der Waals surface area contributed by atoms with Crippen LogP contribution in [0, 0.1) is 0 Å². The van der Waals surface area contributed by atoms with Gasteiger partial charge in [0.1, 0.15) is 0 Å². The van der Waals surface area contributed by atoms with Gasteiger partial charge in [-0.05, 0) is 98.8 Å². The summed E-state index contributed by atoms with van der Waals surface area (Å²) in [6.45, 7) is 6.36.